The highest BCUT2D eigenvalue weighted by Crippen LogP contribution is 2.23. The molecule has 1 aliphatic rings. The Labute approximate surface area is 124 Å². The molecule has 1 N–H and O–H groups in total. The van der Waals surface area contributed by atoms with Gasteiger partial charge < -0.3 is 14.7 Å². The highest BCUT2D eigenvalue weighted by atomic mass is 16.5. The zero-order valence-corrected chi connectivity index (χ0v) is 12.5. The van der Waals surface area contributed by atoms with Crippen molar-refractivity contribution in [2.24, 2.45) is 0 Å². The van der Waals surface area contributed by atoms with E-state index in [1.165, 1.54) is 0 Å². The van der Waals surface area contributed by atoms with Gasteiger partial charge in [0.2, 0.25) is 0 Å². The first-order chi connectivity index (χ1) is 9.97. The third kappa shape index (κ3) is 4.04. The van der Waals surface area contributed by atoms with Gasteiger partial charge in [-0.3, -0.25) is 9.59 Å². The maximum atomic E-state index is 12.6. The number of aliphatic carboxylic acids is 1. The van der Waals surface area contributed by atoms with Crippen molar-refractivity contribution in [1.82, 2.24) is 0 Å². The first-order valence-corrected chi connectivity index (χ1v) is 7.20. The van der Waals surface area contributed by atoms with E-state index in [1.54, 1.807) is 4.90 Å². The van der Waals surface area contributed by atoms with Crippen LogP contribution in [0.3, 0.4) is 0 Å². The minimum atomic E-state index is -0.912. The number of nitrogens with zero attached hydrogens (tertiary/aromatic N) is 1. The lowest BCUT2D eigenvalue weighted by molar-refractivity contribution is -0.136. The summed E-state index contributed by atoms with van der Waals surface area (Å²) < 4.78 is 5.45. The van der Waals surface area contributed by atoms with Crippen molar-refractivity contribution in [3.63, 3.8) is 0 Å². The van der Waals surface area contributed by atoms with Gasteiger partial charge in [-0.05, 0) is 49.9 Å². The lowest BCUT2D eigenvalue weighted by atomic mass is 10.1. The third-order valence-electron chi connectivity index (χ3n) is 3.54. The van der Waals surface area contributed by atoms with Gasteiger partial charge in [0, 0.05) is 18.8 Å². The fourth-order valence-electron chi connectivity index (χ4n) is 2.63. The summed E-state index contributed by atoms with van der Waals surface area (Å²) in [6, 6.07) is 5.83. The fraction of sp³-hybridized carbons (Fsp3) is 0.500. The van der Waals surface area contributed by atoms with Gasteiger partial charge in [-0.1, -0.05) is 6.07 Å². The number of hydrogen-bond acceptors (Lipinski definition) is 3. The minimum absolute atomic E-state index is 0.0779. The first-order valence-electron chi connectivity index (χ1n) is 7.20. The van der Waals surface area contributed by atoms with E-state index in [0.29, 0.717) is 13.0 Å². The van der Waals surface area contributed by atoms with Gasteiger partial charge in [0.05, 0.1) is 6.42 Å². The monoisotopic (exact) mass is 291 g/mol. The first kappa shape index (κ1) is 15.5. The summed E-state index contributed by atoms with van der Waals surface area (Å²) in [4.78, 5) is 25.0. The largest absolute Gasteiger partial charge is 0.481 e. The van der Waals surface area contributed by atoms with Crippen LogP contribution in [-0.4, -0.2) is 36.2 Å². The zero-order chi connectivity index (χ0) is 15.4. The van der Waals surface area contributed by atoms with Crippen LogP contribution < -0.4 is 4.90 Å². The average Bonchev–Trinajstić information content (AvgIpc) is 2.91. The number of anilines is 1. The van der Waals surface area contributed by atoms with E-state index >= 15 is 0 Å². The third-order valence-corrected chi connectivity index (χ3v) is 3.54. The van der Waals surface area contributed by atoms with Crippen LogP contribution in [0, 0.1) is 13.8 Å². The van der Waals surface area contributed by atoms with Crippen LogP contribution in [0.4, 0.5) is 5.69 Å². The molecule has 1 aromatic rings. The summed E-state index contributed by atoms with van der Waals surface area (Å²) in [5, 5.41) is 8.90. The summed E-state index contributed by atoms with van der Waals surface area (Å²) >= 11 is 0. The predicted molar refractivity (Wildman–Crippen MR) is 79.5 cm³/mol. The number of carboxylic acid groups (broad SMARTS) is 1. The van der Waals surface area contributed by atoms with Crippen molar-refractivity contribution >= 4 is 17.6 Å². The van der Waals surface area contributed by atoms with Crippen molar-refractivity contribution in [1.29, 1.82) is 0 Å². The molecule has 1 saturated heterocycles. The zero-order valence-electron chi connectivity index (χ0n) is 12.5. The molecule has 1 unspecified atom stereocenters. The van der Waals surface area contributed by atoms with E-state index in [2.05, 4.69) is 0 Å². The molecule has 0 aromatic heterocycles. The second kappa shape index (κ2) is 6.72. The molecule has 5 heteroatoms. The Balaban J connectivity index is 2.25. The Kier molecular flexibility index (Phi) is 4.96. The van der Waals surface area contributed by atoms with E-state index in [-0.39, 0.29) is 18.9 Å². The van der Waals surface area contributed by atoms with Gasteiger partial charge >= 0.3 is 5.97 Å². The quantitative estimate of drug-likeness (QED) is 0.904. The second-order valence-corrected chi connectivity index (χ2v) is 5.48. The Morgan fingerprint density at radius 2 is 1.95 bits per heavy atom. The van der Waals surface area contributed by atoms with E-state index in [1.807, 2.05) is 32.0 Å². The Bertz CT molecular complexity index is 515. The highest BCUT2D eigenvalue weighted by molar-refractivity contribution is 5.97. The van der Waals surface area contributed by atoms with Crippen LogP contribution in [0.2, 0.25) is 0 Å². The van der Waals surface area contributed by atoms with Gasteiger partial charge in [-0.15, -0.1) is 0 Å². The van der Waals surface area contributed by atoms with Gasteiger partial charge in [0.15, 0.2) is 0 Å². The van der Waals surface area contributed by atoms with Crippen LogP contribution in [0.15, 0.2) is 18.2 Å². The SMILES string of the molecule is Cc1cc(C)cc(N(CCC(=O)O)C(=O)C2CCCO2)c1. The number of hydrogen-bond donors (Lipinski definition) is 1. The van der Waals surface area contributed by atoms with Gasteiger partial charge in [-0.25, -0.2) is 0 Å². The van der Waals surface area contributed by atoms with Gasteiger partial charge in [0.25, 0.3) is 5.91 Å². The number of carbonyl (C=O) groups is 2. The van der Waals surface area contributed by atoms with Crippen molar-refractivity contribution in [3.05, 3.63) is 29.3 Å². The van der Waals surface area contributed by atoms with Crippen molar-refractivity contribution in [3.8, 4) is 0 Å². The van der Waals surface area contributed by atoms with Crippen LogP contribution in [0.5, 0.6) is 0 Å². The normalized spacial score (nSPS) is 17.7. The lowest BCUT2D eigenvalue weighted by Gasteiger charge is -2.25. The molecule has 0 saturated carbocycles. The number of rotatable bonds is 5. The van der Waals surface area contributed by atoms with E-state index < -0.39 is 12.1 Å². The van der Waals surface area contributed by atoms with E-state index in [4.69, 9.17) is 9.84 Å². The fourth-order valence-corrected chi connectivity index (χ4v) is 2.63. The van der Waals surface area contributed by atoms with Crippen LogP contribution in [-0.2, 0) is 14.3 Å². The second-order valence-electron chi connectivity index (χ2n) is 5.48. The topological polar surface area (TPSA) is 66.8 Å². The summed E-state index contributed by atoms with van der Waals surface area (Å²) in [7, 11) is 0. The molecule has 114 valence electrons. The van der Waals surface area contributed by atoms with E-state index in [0.717, 1.165) is 23.2 Å². The number of carboxylic acids is 1. The summed E-state index contributed by atoms with van der Waals surface area (Å²) in [6.07, 6.45) is 1.05. The molecule has 0 aliphatic carbocycles. The molecule has 0 bridgehead atoms. The number of carbonyl (C=O) groups excluding carboxylic acids is 1. The number of aryl methyl sites for hydroxylation is 2. The molecule has 2 rings (SSSR count). The highest BCUT2D eigenvalue weighted by Gasteiger charge is 2.29. The van der Waals surface area contributed by atoms with Crippen LogP contribution in [0.1, 0.15) is 30.4 Å². The van der Waals surface area contributed by atoms with Crippen molar-refractivity contribution in [2.45, 2.75) is 39.2 Å². The Morgan fingerprint density at radius 3 is 2.48 bits per heavy atom. The van der Waals surface area contributed by atoms with Crippen LogP contribution >= 0.6 is 0 Å². The lowest BCUT2D eigenvalue weighted by Crippen LogP contribution is -2.40. The smallest absolute Gasteiger partial charge is 0.305 e. The molecule has 1 aromatic carbocycles. The molecular weight excluding hydrogens is 270 g/mol. The number of benzene rings is 1. The predicted octanol–water partition coefficient (Wildman–Crippen LogP) is 2.29. The number of ether oxygens (including phenoxy) is 1. The molecule has 1 atom stereocenters. The minimum Gasteiger partial charge on any atom is -0.481 e. The Hall–Kier alpha value is -1.88. The Morgan fingerprint density at radius 1 is 1.29 bits per heavy atom. The molecule has 21 heavy (non-hydrogen) atoms. The molecule has 0 radical (unpaired) electrons. The molecule has 1 fully saturated rings. The summed E-state index contributed by atoms with van der Waals surface area (Å²) in [5.74, 6) is -1.05. The van der Waals surface area contributed by atoms with Gasteiger partial charge in [0.1, 0.15) is 6.10 Å². The van der Waals surface area contributed by atoms with Gasteiger partial charge in [-0.2, -0.15) is 0 Å². The molecule has 0 spiro atoms. The van der Waals surface area contributed by atoms with Crippen molar-refractivity contribution in [2.75, 3.05) is 18.1 Å². The summed E-state index contributed by atoms with van der Waals surface area (Å²) in [5.41, 5.74) is 2.84. The standard InChI is InChI=1S/C16H21NO4/c1-11-8-12(2)10-13(9-11)17(6-5-15(18)19)16(20)14-4-3-7-21-14/h8-10,14H,3-7H2,1-2H3,(H,18,19). The van der Waals surface area contributed by atoms with Crippen LogP contribution in [0.25, 0.3) is 0 Å². The molecular formula is C16H21NO4. The van der Waals surface area contributed by atoms with E-state index in [9.17, 15) is 9.59 Å². The number of amides is 1. The van der Waals surface area contributed by atoms with Crippen molar-refractivity contribution < 1.29 is 19.4 Å². The maximum Gasteiger partial charge on any atom is 0.305 e. The molecule has 1 heterocycles. The average molecular weight is 291 g/mol. The molecule has 1 amide bonds. The molecule has 5 nitrogen and oxygen atoms in total. The summed E-state index contributed by atoms with van der Waals surface area (Å²) in [6.45, 7) is 4.68. The molecule has 1 aliphatic heterocycles. The maximum absolute atomic E-state index is 12.6.